The Morgan fingerprint density at radius 3 is 2.75 bits per heavy atom. The van der Waals surface area contributed by atoms with Gasteiger partial charge in [0.25, 0.3) is 0 Å². The van der Waals surface area contributed by atoms with Crippen LogP contribution in [0.25, 0.3) is 0 Å². The molecule has 0 atom stereocenters. The number of nitrogens with one attached hydrogen (secondary N) is 1. The fourth-order valence-corrected chi connectivity index (χ4v) is 2.20. The van der Waals surface area contributed by atoms with Crippen molar-refractivity contribution in [2.45, 2.75) is 13.5 Å². The molecular weight excluding hydrogens is 220 g/mol. The normalized spacial score (nSPS) is 10.1. The van der Waals surface area contributed by atoms with Gasteiger partial charge in [0.1, 0.15) is 0 Å². The van der Waals surface area contributed by atoms with Crippen LogP contribution in [0.4, 0.5) is 5.69 Å². The summed E-state index contributed by atoms with van der Waals surface area (Å²) in [7, 11) is 1.61. The van der Waals surface area contributed by atoms with E-state index in [4.69, 9.17) is 4.74 Å². The zero-order chi connectivity index (χ0) is 11.4. The van der Waals surface area contributed by atoms with E-state index >= 15 is 0 Å². The van der Waals surface area contributed by atoms with Gasteiger partial charge in [-0.05, 0) is 25.1 Å². The smallest absolute Gasteiger partial charge is 0.213 e. The van der Waals surface area contributed by atoms with Gasteiger partial charge in [0.2, 0.25) is 5.88 Å². The second kappa shape index (κ2) is 4.99. The number of methoxy groups -OCH3 is 1. The highest BCUT2D eigenvalue weighted by atomic mass is 32.1. The molecule has 0 aliphatic heterocycles. The van der Waals surface area contributed by atoms with E-state index in [1.807, 2.05) is 23.5 Å². The lowest BCUT2D eigenvalue weighted by atomic mass is 10.4. The Morgan fingerprint density at radius 2 is 2.19 bits per heavy atom. The van der Waals surface area contributed by atoms with Gasteiger partial charge in [-0.15, -0.1) is 11.3 Å². The topological polar surface area (TPSA) is 34.1 Å². The van der Waals surface area contributed by atoms with Crippen molar-refractivity contribution in [2.24, 2.45) is 0 Å². The SMILES string of the molecule is COc1ccc(NCc2ccc(C)s2)cn1. The predicted octanol–water partition coefficient (Wildman–Crippen LogP) is 3.07. The molecule has 2 heterocycles. The first-order valence-electron chi connectivity index (χ1n) is 5.07. The maximum absolute atomic E-state index is 5.00. The first-order chi connectivity index (χ1) is 7.78. The van der Waals surface area contributed by atoms with Crippen LogP contribution in [0.2, 0.25) is 0 Å². The predicted molar refractivity (Wildman–Crippen MR) is 67.2 cm³/mol. The Kier molecular flexibility index (Phi) is 3.41. The maximum Gasteiger partial charge on any atom is 0.213 e. The molecule has 0 radical (unpaired) electrons. The summed E-state index contributed by atoms with van der Waals surface area (Å²) in [5.74, 6) is 0.637. The third kappa shape index (κ3) is 2.73. The number of thiophene rings is 1. The second-order valence-corrected chi connectivity index (χ2v) is 4.83. The van der Waals surface area contributed by atoms with Gasteiger partial charge in [0.05, 0.1) is 19.0 Å². The minimum atomic E-state index is 0.637. The molecule has 0 saturated carbocycles. The van der Waals surface area contributed by atoms with Gasteiger partial charge in [-0.25, -0.2) is 4.98 Å². The van der Waals surface area contributed by atoms with E-state index in [1.54, 1.807) is 13.3 Å². The van der Waals surface area contributed by atoms with Crippen molar-refractivity contribution in [1.82, 2.24) is 4.98 Å². The number of hydrogen-bond donors (Lipinski definition) is 1. The van der Waals surface area contributed by atoms with Crippen LogP contribution >= 0.6 is 11.3 Å². The van der Waals surface area contributed by atoms with E-state index in [0.717, 1.165) is 12.2 Å². The van der Waals surface area contributed by atoms with Crippen LogP contribution in [-0.4, -0.2) is 12.1 Å². The van der Waals surface area contributed by atoms with Gasteiger partial charge in [0, 0.05) is 22.4 Å². The molecule has 0 fully saturated rings. The van der Waals surface area contributed by atoms with Crippen molar-refractivity contribution in [1.29, 1.82) is 0 Å². The third-order valence-corrected chi connectivity index (χ3v) is 3.21. The number of anilines is 1. The molecule has 2 aromatic heterocycles. The number of pyridine rings is 1. The van der Waals surface area contributed by atoms with Crippen molar-refractivity contribution < 1.29 is 4.74 Å². The summed E-state index contributed by atoms with van der Waals surface area (Å²) in [6.07, 6.45) is 1.78. The summed E-state index contributed by atoms with van der Waals surface area (Å²) in [5, 5.41) is 3.32. The Hall–Kier alpha value is -1.55. The van der Waals surface area contributed by atoms with Crippen LogP contribution in [0, 0.1) is 6.92 Å². The molecule has 4 heteroatoms. The number of aromatic nitrogens is 1. The molecule has 0 saturated heterocycles. The highest BCUT2D eigenvalue weighted by Crippen LogP contribution is 2.17. The summed E-state index contributed by atoms with van der Waals surface area (Å²) in [4.78, 5) is 6.80. The van der Waals surface area contributed by atoms with Crippen molar-refractivity contribution in [3.8, 4) is 5.88 Å². The molecular formula is C12H14N2OS. The van der Waals surface area contributed by atoms with Crippen LogP contribution in [0.1, 0.15) is 9.75 Å². The lowest BCUT2D eigenvalue weighted by Crippen LogP contribution is -1.98. The molecule has 0 aliphatic rings. The molecule has 2 rings (SSSR count). The van der Waals surface area contributed by atoms with Crippen molar-refractivity contribution in [3.63, 3.8) is 0 Å². The molecule has 0 aliphatic carbocycles. The van der Waals surface area contributed by atoms with Crippen LogP contribution in [-0.2, 0) is 6.54 Å². The highest BCUT2D eigenvalue weighted by molar-refractivity contribution is 7.11. The number of rotatable bonds is 4. The lowest BCUT2D eigenvalue weighted by molar-refractivity contribution is 0.398. The van der Waals surface area contributed by atoms with E-state index < -0.39 is 0 Å². The van der Waals surface area contributed by atoms with Crippen LogP contribution < -0.4 is 10.1 Å². The fourth-order valence-electron chi connectivity index (χ4n) is 1.37. The minimum Gasteiger partial charge on any atom is -0.481 e. The van der Waals surface area contributed by atoms with Gasteiger partial charge < -0.3 is 10.1 Å². The Morgan fingerprint density at radius 1 is 1.31 bits per heavy atom. The summed E-state index contributed by atoms with van der Waals surface area (Å²) >= 11 is 1.81. The van der Waals surface area contributed by atoms with E-state index in [-0.39, 0.29) is 0 Å². The van der Waals surface area contributed by atoms with Crippen molar-refractivity contribution in [2.75, 3.05) is 12.4 Å². The van der Waals surface area contributed by atoms with Crippen LogP contribution in [0.15, 0.2) is 30.5 Å². The largest absolute Gasteiger partial charge is 0.481 e. The molecule has 0 aromatic carbocycles. The summed E-state index contributed by atoms with van der Waals surface area (Å²) in [6.45, 7) is 2.95. The number of hydrogen-bond acceptors (Lipinski definition) is 4. The van der Waals surface area contributed by atoms with Gasteiger partial charge in [-0.1, -0.05) is 0 Å². The molecule has 0 spiro atoms. The fraction of sp³-hybridized carbons (Fsp3) is 0.250. The first-order valence-corrected chi connectivity index (χ1v) is 5.89. The van der Waals surface area contributed by atoms with Crippen LogP contribution in [0.5, 0.6) is 5.88 Å². The second-order valence-electron chi connectivity index (χ2n) is 3.46. The molecule has 3 nitrogen and oxygen atoms in total. The lowest BCUT2D eigenvalue weighted by Gasteiger charge is -2.04. The summed E-state index contributed by atoms with van der Waals surface area (Å²) < 4.78 is 5.00. The zero-order valence-corrected chi connectivity index (χ0v) is 10.2. The third-order valence-electron chi connectivity index (χ3n) is 2.21. The minimum absolute atomic E-state index is 0.637. The van der Waals surface area contributed by atoms with Crippen molar-refractivity contribution in [3.05, 3.63) is 40.2 Å². The molecule has 0 amide bonds. The molecule has 0 unspecified atom stereocenters. The quantitative estimate of drug-likeness (QED) is 0.882. The van der Waals surface area contributed by atoms with E-state index in [1.165, 1.54) is 9.75 Å². The molecule has 84 valence electrons. The first kappa shape index (κ1) is 11.0. The number of ether oxygens (including phenoxy) is 1. The standard InChI is InChI=1S/C12H14N2OS/c1-9-3-5-11(16-9)8-13-10-4-6-12(15-2)14-7-10/h3-7,13H,8H2,1-2H3. The molecule has 0 bridgehead atoms. The van der Waals surface area contributed by atoms with E-state index in [9.17, 15) is 0 Å². The summed E-state index contributed by atoms with van der Waals surface area (Å²) in [6, 6.07) is 8.09. The van der Waals surface area contributed by atoms with Crippen LogP contribution in [0.3, 0.4) is 0 Å². The average molecular weight is 234 g/mol. The molecule has 1 N–H and O–H groups in total. The Labute approximate surface area is 99.1 Å². The zero-order valence-electron chi connectivity index (χ0n) is 9.36. The molecule has 16 heavy (non-hydrogen) atoms. The monoisotopic (exact) mass is 234 g/mol. The van der Waals surface area contributed by atoms with Crippen molar-refractivity contribution >= 4 is 17.0 Å². The van der Waals surface area contributed by atoms with Gasteiger partial charge in [0.15, 0.2) is 0 Å². The molecule has 2 aromatic rings. The van der Waals surface area contributed by atoms with E-state index in [2.05, 4.69) is 29.4 Å². The van der Waals surface area contributed by atoms with Gasteiger partial charge in [-0.2, -0.15) is 0 Å². The average Bonchev–Trinajstić information content (AvgIpc) is 2.73. The summed E-state index contributed by atoms with van der Waals surface area (Å²) in [5.41, 5.74) is 1.01. The number of nitrogens with zero attached hydrogens (tertiary/aromatic N) is 1. The van der Waals surface area contributed by atoms with Gasteiger partial charge >= 0.3 is 0 Å². The van der Waals surface area contributed by atoms with Gasteiger partial charge in [-0.3, -0.25) is 0 Å². The highest BCUT2D eigenvalue weighted by Gasteiger charge is 1.98. The number of aryl methyl sites for hydroxylation is 1. The maximum atomic E-state index is 5.00. The Balaban J connectivity index is 1.94. The Bertz CT molecular complexity index is 450. The van der Waals surface area contributed by atoms with E-state index in [0.29, 0.717) is 5.88 Å².